The van der Waals surface area contributed by atoms with Crippen molar-refractivity contribution in [2.45, 2.75) is 19.8 Å². The highest BCUT2D eigenvalue weighted by molar-refractivity contribution is 5.86. The van der Waals surface area contributed by atoms with Crippen molar-refractivity contribution in [3.63, 3.8) is 0 Å². The van der Waals surface area contributed by atoms with Crippen LogP contribution < -0.4 is 0 Å². The molecule has 1 N–H and O–H groups in total. The van der Waals surface area contributed by atoms with Crippen LogP contribution in [0.15, 0.2) is 36.5 Å². The maximum Gasteiger partial charge on any atom is 0.328 e. The molecule has 0 aliphatic heterocycles. The van der Waals surface area contributed by atoms with Crippen molar-refractivity contribution in [3.05, 3.63) is 53.6 Å². The maximum atomic E-state index is 13.3. The fourth-order valence-electron chi connectivity index (χ4n) is 1.81. The van der Waals surface area contributed by atoms with Gasteiger partial charge in [0.25, 0.3) is 0 Å². The lowest BCUT2D eigenvalue weighted by atomic mass is 10.1. The summed E-state index contributed by atoms with van der Waals surface area (Å²) in [5.41, 5.74) is 2.02. The number of rotatable bonds is 4. The van der Waals surface area contributed by atoms with Crippen LogP contribution in [-0.2, 0) is 4.79 Å². The number of carboxylic acid groups (broad SMARTS) is 1. The molecule has 104 valence electrons. The molecule has 0 fully saturated rings. The summed E-state index contributed by atoms with van der Waals surface area (Å²) in [5, 5.41) is 13.1. The van der Waals surface area contributed by atoms with E-state index in [9.17, 15) is 9.18 Å². The van der Waals surface area contributed by atoms with Crippen molar-refractivity contribution < 1.29 is 14.3 Å². The Morgan fingerprint density at radius 2 is 2.15 bits per heavy atom. The van der Waals surface area contributed by atoms with Crippen LogP contribution in [0.25, 0.3) is 11.8 Å². The first-order valence-corrected chi connectivity index (χ1v) is 6.24. The molecule has 1 heterocycles. The van der Waals surface area contributed by atoms with Gasteiger partial charge in [0.2, 0.25) is 0 Å². The van der Waals surface area contributed by atoms with E-state index in [4.69, 9.17) is 5.11 Å². The quantitative estimate of drug-likeness (QED) is 0.871. The first kappa shape index (κ1) is 14.0. The third-order valence-corrected chi connectivity index (χ3v) is 2.84. The van der Waals surface area contributed by atoms with Gasteiger partial charge in [0, 0.05) is 17.8 Å². The molecule has 0 spiro atoms. The van der Waals surface area contributed by atoms with Gasteiger partial charge in [-0.3, -0.25) is 0 Å². The van der Waals surface area contributed by atoms with E-state index in [0.29, 0.717) is 11.3 Å². The molecule has 1 aromatic carbocycles. The second kappa shape index (κ2) is 5.69. The van der Waals surface area contributed by atoms with Crippen LogP contribution in [0, 0.1) is 5.82 Å². The van der Waals surface area contributed by atoms with Crippen LogP contribution in [0.5, 0.6) is 0 Å². The average molecular weight is 274 g/mol. The molecular weight excluding hydrogens is 259 g/mol. The van der Waals surface area contributed by atoms with Gasteiger partial charge in [0.1, 0.15) is 5.82 Å². The Morgan fingerprint density at radius 3 is 2.75 bits per heavy atom. The molecule has 0 aliphatic rings. The number of carboxylic acids is 1. The molecule has 0 bridgehead atoms. The van der Waals surface area contributed by atoms with Crippen molar-refractivity contribution in [1.29, 1.82) is 0 Å². The second-order valence-electron chi connectivity index (χ2n) is 4.71. The summed E-state index contributed by atoms with van der Waals surface area (Å²) in [7, 11) is 0. The number of hydrogen-bond donors (Lipinski definition) is 1. The molecule has 0 amide bonds. The molecule has 0 saturated heterocycles. The van der Waals surface area contributed by atoms with E-state index in [1.165, 1.54) is 18.2 Å². The van der Waals surface area contributed by atoms with Gasteiger partial charge in [-0.05, 0) is 36.3 Å². The molecular formula is C15H15FN2O2. The summed E-state index contributed by atoms with van der Waals surface area (Å²) in [6.07, 6.45) is 4.11. The monoisotopic (exact) mass is 274 g/mol. The molecule has 2 aromatic rings. The minimum atomic E-state index is -1.08. The fraction of sp³-hybridized carbons (Fsp3) is 0.200. The highest BCUT2D eigenvalue weighted by Crippen LogP contribution is 2.19. The third-order valence-electron chi connectivity index (χ3n) is 2.84. The summed E-state index contributed by atoms with van der Waals surface area (Å²) in [6.45, 7) is 4.06. The van der Waals surface area contributed by atoms with Crippen molar-refractivity contribution in [2.75, 3.05) is 0 Å². The van der Waals surface area contributed by atoms with E-state index < -0.39 is 11.8 Å². The highest BCUT2D eigenvalue weighted by atomic mass is 19.1. The average Bonchev–Trinajstić information content (AvgIpc) is 2.86. The van der Waals surface area contributed by atoms with E-state index in [2.05, 4.69) is 5.10 Å². The number of carbonyl (C=O) groups is 1. The zero-order valence-corrected chi connectivity index (χ0v) is 11.2. The van der Waals surface area contributed by atoms with E-state index >= 15 is 0 Å². The summed E-state index contributed by atoms with van der Waals surface area (Å²) in [4.78, 5) is 10.6. The first-order valence-electron chi connectivity index (χ1n) is 6.24. The van der Waals surface area contributed by atoms with Gasteiger partial charge in [0.15, 0.2) is 0 Å². The number of benzene rings is 1. The van der Waals surface area contributed by atoms with E-state index in [-0.39, 0.29) is 5.92 Å². The fourth-order valence-corrected chi connectivity index (χ4v) is 1.81. The van der Waals surface area contributed by atoms with E-state index in [0.717, 1.165) is 11.8 Å². The zero-order valence-electron chi connectivity index (χ0n) is 11.2. The topological polar surface area (TPSA) is 55.1 Å². The maximum absolute atomic E-state index is 13.3. The molecule has 0 unspecified atom stereocenters. The van der Waals surface area contributed by atoms with Crippen LogP contribution in [0.2, 0.25) is 0 Å². The summed E-state index contributed by atoms with van der Waals surface area (Å²) >= 11 is 0. The van der Waals surface area contributed by atoms with Gasteiger partial charge in [-0.1, -0.05) is 13.8 Å². The number of hydrogen-bond acceptors (Lipinski definition) is 2. The lowest BCUT2D eigenvalue weighted by molar-refractivity contribution is -0.131. The summed E-state index contributed by atoms with van der Waals surface area (Å²) in [5.74, 6) is -1.21. The van der Waals surface area contributed by atoms with Gasteiger partial charge in [-0.15, -0.1) is 0 Å². The Labute approximate surface area is 116 Å². The minimum Gasteiger partial charge on any atom is -0.478 e. The molecule has 5 heteroatoms. The van der Waals surface area contributed by atoms with Gasteiger partial charge in [0.05, 0.1) is 11.4 Å². The van der Waals surface area contributed by atoms with Crippen molar-refractivity contribution in [1.82, 2.24) is 9.78 Å². The Morgan fingerprint density at radius 1 is 1.40 bits per heavy atom. The van der Waals surface area contributed by atoms with E-state index in [1.54, 1.807) is 16.9 Å². The van der Waals surface area contributed by atoms with E-state index in [1.807, 2.05) is 19.9 Å². The largest absolute Gasteiger partial charge is 0.478 e. The van der Waals surface area contributed by atoms with Crippen LogP contribution >= 0.6 is 0 Å². The smallest absolute Gasteiger partial charge is 0.328 e. The van der Waals surface area contributed by atoms with Crippen LogP contribution in [0.1, 0.15) is 31.0 Å². The Kier molecular flexibility index (Phi) is 3.98. The summed E-state index contributed by atoms with van der Waals surface area (Å²) in [6, 6.07) is 6.07. The number of aromatic nitrogens is 2. The zero-order chi connectivity index (χ0) is 14.7. The third kappa shape index (κ3) is 3.12. The standard InChI is InChI=1S/C15H15FN2O2/c1-10(2)13-7-8-18(17-13)14-5-4-12(16)9-11(14)3-6-15(19)20/h3-10H,1-2H3,(H,19,20). The van der Waals surface area contributed by atoms with Gasteiger partial charge < -0.3 is 5.11 Å². The molecule has 20 heavy (non-hydrogen) atoms. The Bertz CT molecular complexity index is 660. The summed E-state index contributed by atoms with van der Waals surface area (Å²) < 4.78 is 14.9. The van der Waals surface area contributed by atoms with Crippen LogP contribution in [-0.4, -0.2) is 20.9 Å². The molecule has 0 atom stereocenters. The van der Waals surface area contributed by atoms with Crippen molar-refractivity contribution >= 4 is 12.0 Å². The predicted octanol–water partition coefficient (Wildman–Crippen LogP) is 3.23. The lowest BCUT2D eigenvalue weighted by Crippen LogP contribution is -2.00. The first-order chi connectivity index (χ1) is 9.47. The van der Waals surface area contributed by atoms with Crippen LogP contribution in [0.3, 0.4) is 0 Å². The van der Waals surface area contributed by atoms with Gasteiger partial charge >= 0.3 is 5.97 Å². The predicted molar refractivity (Wildman–Crippen MR) is 74.3 cm³/mol. The van der Waals surface area contributed by atoms with Crippen LogP contribution in [0.4, 0.5) is 4.39 Å². The number of nitrogens with zero attached hydrogens (tertiary/aromatic N) is 2. The molecule has 0 radical (unpaired) electrons. The second-order valence-corrected chi connectivity index (χ2v) is 4.71. The molecule has 0 aliphatic carbocycles. The highest BCUT2D eigenvalue weighted by Gasteiger charge is 2.08. The SMILES string of the molecule is CC(C)c1ccn(-c2ccc(F)cc2C=CC(=O)O)n1. The normalized spacial score (nSPS) is 11.4. The van der Waals surface area contributed by atoms with Crippen molar-refractivity contribution in [2.24, 2.45) is 0 Å². The van der Waals surface area contributed by atoms with Crippen molar-refractivity contribution in [3.8, 4) is 5.69 Å². The minimum absolute atomic E-state index is 0.287. The van der Waals surface area contributed by atoms with Gasteiger partial charge in [-0.2, -0.15) is 5.10 Å². The molecule has 0 saturated carbocycles. The molecule has 4 nitrogen and oxygen atoms in total. The lowest BCUT2D eigenvalue weighted by Gasteiger charge is -2.07. The van der Waals surface area contributed by atoms with Gasteiger partial charge in [-0.25, -0.2) is 13.9 Å². The Hall–Kier alpha value is -2.43. The molecule has 2 rings (SSSR count). The number of halogens is 1. The Balaban J connectivity index is 2.46. The number of aliphatic carboxylic acids is 1. The molecule has 1 aromatic heterocycles.